The molecule has 26 heavy (non-hydrogen) atoms. The number of hydrogen-bond donors (Lipinski definition) is 1. The molecule has 0 aromatic heterocycles. The highest BCUT2D eigenvalue weighted by Gasteiger charge is 2.80. The van der Waals surface area contributed by atoms with Gasteiger partial charge in [0.1, 0.15) is 0 Å². The van der Waals surface area contributed by atoms with Crippen molar-refractivity contribution in [1.82, 2.24) is 5.32 Å². The quantitative estimate of drug-likeness (QED) is 0.347. The maximum atomic E-state index is 13.7. The van der Waals surface area contributed by atoms with Gasteiger partial charge >= 0.3 is 18.3 Å². The van der Waals surface area contributed by atoms with Gasteiger partial charge in [0.2, 0.25) is 5.91 Å². The van der Waals surface area contributed by atoms with Crippen molar-refractivity contribution in [2.24, 2.45) is 0 Å². The highest BCUT2D eigenvalue weighted by atomic mass is 19.4. The van der Waals surface area contributed by atoms with E-state index in [1.54, 1.807) is 0 Å². The summed E-state index contributed by atoms with van der Waals surface area (Å²) in [7, 11) is 0. The van der Waals surface area contributed by atoms with Crippen molar-refractivity contribution in [2.45, 2.75) is 82.2 Å². The van der Waals surface area contributed by atoms with E-state index in [-0.39, 0.29) is 6.42 Å². The maximum Gasteiger partial charge on any atom is 0.457 e. The van der Waals surface area contributed by atoms with E-state index < -0.39 is 49.2 Å². The second kappa shape index (κ2) is 9.68. The average Bonchev–Trinajstić information content (AvgIpc) is 2.48. The number of amides is 1. The Hall–Kier alpha value is -1.16. The number of nitrogens with one attached hydrogen (secondary N) is 1. The van der Waals surface area contributed by atoms with Gasteiger partial charge in [-0.2, -0.15) is 35.1 Å². The molecule has 1 unspecified atom stereocenters. The second-order valence-corrected chi connectivity index (χ2v) is 5.99. The first kappa shape index (κ1) is 24.8. The van der Waals surface area contributed by atoms with Gasteiger partial charge in [-0.05, 0) is 19.3 Å². The normalized spacial score (nSPS) is 15.6. The third-order valence-corrected chi connectivity index (χ3v) is 3.83. The summed E-state index contributed by atoms with van der Waals surface area (Å²) < 4.78 is 114. The van der Waals surface area contributed by atoms with Crippen molar-refractivity contribution < 1.29 is 44.3 Å². The van der Waals surface area contributed by atoms with E-state index in [0.29, 0.717) is 6.42 Å². The van der Waals surface area contributed by atoms with Crippen LogP contribution in [0, 0.1) is 0 Å². The van der Waals surface area contributed by atoms with Crippen LogP contribution in [0.3, 0.4) is 0 Å². The van der Waals surface area contributed by atoms with Gasteiger partial charge in [0.05, 0.1) is 0 Å². The SMILES string of the molecule is CCCCCCCC(=O)NCCCC(F)(C(F)(F)F)C(F)(F)C(F)(F)F. The van der Waals surface area contributed by atoms with Gasteiger partial charge in [0.15, 0.2) is 0 Å². The Labute approximate surface area is 145 Å². The average molecular weight is 403 g/mol. The third kappa shape index (κ3) is 6.53. The van der Waals surface area contributed by atoms with E-state index in [1.807, 2.05) is 6.92 Å². The van der Waals surface area contributed by atoms with E-state index in [9.17, 15) is 44.3 Å². The number of carbonyl (C=O) groups is 1. The summed E-state index contributed by atoms with van der Waals surface area (Å²) in [6.07, 6.45) is -12.1. The maximum absolute atomic E-state index is 13.7. The Morgan fingerprint density at radius 3 is 1.77 bits per heavy atom. The van der Waals surface area contributed by atoms with E-state index in [4.69, 9.17) is 0 Å². The fourth-order valence-corrected chi connectivity index (χ4v) is 2.24. The predicted molar refractivity (Wildman–Crippen MR) is 76.5 cm³/mol. The number of rotatable bonds is 11. The van der Waals surface area contributed by atoms with Crippen LogP contribution in [-0.2, 0) is 4.79 Å². The minimum Gasteiger partial charge on any atom is -0.356 e. The Morgan fingerprint density at radius 2 is 1.31 bits per heavy atom. The molecule has 156 valence electrons. The molecule has 0 aliphatic rings. The van der Waals surface area contributed by atoms with Crippen LogP contribution in [0.4, 0.5) is 39.5 Å². The van der Waals surface area contributed by atoms with Gasteiger partial charge in [0.25, 0.3) is 5.67 Å². The number of alkyl halides is 9. The molecule has 0 radical (unpaired) electrons. The lowest BCUT2D eigenvalue weighted by atomic mass is 9.90. The van der Waals surface area contributed by atoms with Gasteiger partial charge in [-0.15, -0.1) is 0 Å². The van der Waals surface area contributed by atoms with Gasteiger partial charge in [-0.1, -0.05) is 32.6 Å². The zero-order valence-electron chi connectivity index (χ0n) is 14.2. The lowest BCUT2D eigenvalue weighted by molar-refractivity contribution is -0.384. The predicted octanol–water partition coefficient (Wildman–Crippen LogP) is 5.71. The molecule has 0 aliphatic heterocycles. The molecule has 0 aromatic rings. The largest absolute Gasteiger partial charge is 0.457 e. The van der Waals surface area contributed by atoms with Crippen molar-refractivity contribution in [3.8, 4) is 0 Å². The Balaban J connectivity index is 4.56. The lowest BCUT2D eigenvalue weighted by Crippen LogP contribution is -2.62. The first-order valence-electron chi connectivity index (χ1n) is 8.17. The van der Waals surface area contributed by atoms with Crippen LogP contribution in [-0.4, -0.2) is 36.4 Å². The van der Waals surface area contributed by atoms with Crippen molar-refractivity contribution in [3.05, 3.63) is 0 Å². The van der Waals surface area contributed by atoms with Crippen molar-refractivity contribution in [2.75, 3.05) is 6.54 Å². The van der Waals surface area contributed by atoms with E-state index in [1.165, 1.54) is 0 Å². The smallest absolute Gasteiger partial charge is 0.356 e. The molecule has 0 rings (SSSR count). The summed E-state index contributed by atoms with van der Waals surface area (Å²) >= 11 is 0. The standard InChI is InChI=1S/C15H22F9NO/c1-2-3-4-5-6-8-11(26)25-10-7-9-12(16,14(19,20)21)13(17,18)15(22,23)24/h2-10H2,1H3,(H,25,26). The molecule has 1 amide bonds. The third-order valence-electron chi connectivity index (χ3n) is 3.83. The number of unbranched alkanes of at least 4 members (excludes halogenated alkanes) is 4. The zero-order chi connectivity index (χ0) is 20.6. The first-order chi connectivity index (χ1) is 11.7. The molecule has 0 saturated heterocycles. The zero-order valence-corrected chi connectivity index (χ0v) is 14.2. The van der Waals surface area contributed by atoms with E-state index in [2.05, 4.69) is 5.32 Å². The molecule has 0 saturated carbocycles. The molecule has 0 aromatic carbocycles. The van der Waals surface area contributed by atoms with Gasteiger partial charge < -0.3 is 5.32 Å². The number of halogens is 9. The van der Waals surface area contributed by atoms with Crippen LogP contribution in [0.1, 0.15) is 58.3 Å². The first-order valence-corrected chi connectivity index (χ1v) is 8.17. The van der Waals surface area contributed by atoms with E-state index >= 15 is 0 Å². The van der Waals surface area contributed by atoms with Crippen LogP contribution in [0.15, 0.2) is 0 Å². The molecule has 0 spiro atoms. The van der Waals surface area contributed by atoms with Crippen LogP contribution >= 0.6 is 0 Å². The van der Waals surface area contributed by atoms with Gasteiger partial charge in [-0.25, -0.2) is 4.39 Å². The number of carbonyl (C=O) groups excluding carboxylic acids is 1. The fourth-order valence-electron chi connectivity index (χ4n) is 2.24. The summed E-state index contributed by atoms with van der Waals surface area (Å²) in [4.78, 5) is 11.4. The summed E-state index contributed by atoms with van der Waals surface area (Å²) in [6, 6.07) is 0. The summed E-state index contributed by atoms with van der Waals surface area (Å²) in [5, 5.41) is 2.09. The topological polar surface area (TPSA) is 29.1 Å². The molecule has 1 N–H and O–H groups in total. The van der Waals surface area contributed by atoms with Gasteiger partial charge in [0, 0.05) is 13.0 Å². The van der Waals surface area contributed by atoms with Crippen LogP contribution in [0.25, 0.3) is 0 Å². The van der Waals surface area contributed by atoms with Crippen molar-refractivity contribution >= 4 is 5.91 Å². The van der Waals surface area contributed by atoms with Crippen molar-refractivity contribution in [1.29, 1.82) is 0 Å². The minimum absolute atomic E-state index is 0.0441. The van der Waals surface area contributed by atoms with Crippen LogP contribution in [0.5, 0.6) is 0 Å². The molecule has 0 bridgehead atoms. The van der Waals surface area contributed by atoms with E-state index in [0.717, 1.165) is 25.7 Å². The van der Waals surface area contributed by atoms with Crippen molar-refractivity contribution in [3.63, 3.8) is 0 Å². The van der Waals surface area contributed by atoms with Gasteiger partial charge in [-0.3, -0.25) is 4.79 Å². The Bertz CT molecular complexity index is 434. The van der Waals surface area contributed by atoms with Crippen LogP contribution in [0.2, 0.25) is 0 Å². The second-order valence-electron chi connectivity index (χ2n) is 5.99. The highest BCUT2D eigenvalue weighted by molar-refractivity contribution is 5.75. The summed E-state index contributed by atoms with van der Waals surface area (Å²) in [5.74, 6) is -7.18. The molecular formula is C15H22F9NO. The monoisotopic (exact) mass is 403 g/mol. The molecule has 0 heterocycles. The Morgan fingerprint density at radius 1 is 0.769 bits per heavy atom. The minimum atomic E-state index is -6.70. The fraction of sp³-hybridized carbons (Fsp3) is 0.933. The summed E-state index contributed by atoms with van der Waals surface area (Å²) in [5.41, 5.74) is -5.76. The highest BCUT2D eigenvalue weighted by Crippen LogP contribution is 2.54. The molecule has 11 heteroatoms. The lowest BCUT2D eigenvalue weighted by Gasteiger charge is -2.35. The van der Waals surface area contributed by atoms with Crippen LogP contribution < -0.4 is 5.32 Å². The number of hydrogen-bond acceptors (Lipinski definition) is 1. The Kier molecular flexibility index (Phi) is 9.25. The molecular weight excluding hydrogens is 381 g/mol. The molecule has 2 nitrogen and oxygen atoms in total. The summed E-state index contributed by atoms with van der Waals surface area (Å²) in [6.45, 7) is 1.35. The molecule has 0 fully saturated rings. The molecule has 1 atom stereocenters. The molecule has 0 aliphatic carbocycles.